The van der Waals surface area contributed by atoms with Crippen molar-refractivity contribution >= 4 is 17.5 Å². The van der Waals surface area contributed by atoms with E-state index in [4.69, 9.17) is 5.11 Å². The van der Waals surface area contributed by atoms with E-state index in [0.717, 1.165) is 25.5 Å². The molecule has 1 saturated heterocycles. The van der Waals surface area contributed by atoms with Crippen molar-refractivity contribution < 1.29 is 14.8 Å². The number of nitro groups is 1. The fourth-order valence-electron chi connectivity index (χ4n) is 2.60. The minimum absolute atomic E-state index is 0.0974. The van der Waals surface area contributed by atoms with Gasteiger partial charge in [-0.25, -0.2) is 9.78 Å². The molecule has 0 aromatic carbocycles. The van der Waals surface area contributed by atoms with E-state index < -0.39 is 10.9 Å². The molecule has 0 amide bonds. The first-order chi connectivity index (χ1) is 9.90. The lowest BCUT2D eigenvalue weighted by atomic mass is 10.2. The molecular formula is C13H18N4O4. The number of hydrogen-bond acceptors (Lipinski definition) is 6. The molecule has 1 aromatic rings. The summed E-state index contributed by atoms with van der Waals surface area (Å²) in [4.78, 5) is 29.3. The van der Waals surface area contributed by atoms with E-state index in [1.807, 2.05) is 7.05 Å². The first kappa shape index (κ1) is 15.2. The largest absolute Gasteiger partial charge is 0.477 e. The van der Waals surface area contributed by atoms with Gasteiger partial charge in [-0.3, -0.25) is 10.1 Å². The molecule has 1 aliphatic rings. The number of nitrogens with zero attached hydrogens (tertiary/aromatic N) is 4. The number of anilines is 1. The molecular weight excluding hydrogens is 276 g/mol. The van der Waals surface area contributed by atoms with Crippen molar-refractivity contribution in [3.8, 4) is 0 Å². The summed E-state index contributed by atoms with van der Waals surface area (Å²) in [6, 6.07) is 2.64. The van der Waals surface area contributed by atoms with Gasteiger partial charge in [-0.15, -0.1) is 0 Å². The van der Waals surface area contributed by atoms with Crippen LogP contribution in [0.2, 0.25) is 0 Å². The van der Waals surface area contributed by atoms with Crippen molar-refractivity contribution in [3.05, 3.63) is 27.9 Å². The average Bonchev–Trinajstić information content (AvgIpc) is 2.83. The minimum Gasteiger partial charge on any atom is -0.477 e. The van der Waals surface area contributed by atoms with Crippen LogP contribution in [0.15, 0.2) is 12.1 Å². The van der Waals surface area contributed by atoms with Gasteiger partial charge in [-0.2, -0.15) is 0 Å². The first-order valence-electron chi connectivity index (χ1n) is 6.70. The molecule has 1 aromatic heterocycles. The molecule has 0 aliphatic carbocycles. The highest BCUT2D eigenvalue weighted by Crippen LogP contribution is 2.27. The van der Waals surface area contributed by atoms with Gasteiger partial charge in [0.2, 0.25) is 5.82 Å². The Kier molecular flexibility index (Phi) is 4.37. The lowest BCUT2D eigenvalue weighted by Gasteiger charge is -2.26. The van der Waals surface area contributed by atoms with Crippen molar-refractivity contribution in [2.24, 2.45) is 0 Å². The summed E-state index contributed by atoms with van der Waals surface area (Å²) in [5, 5.41) is 20.1. The summed E-state index contributed by atoms with van der Waals surface area (Å²) >= 11 is 0. The van der Waals surface area contributed by atoms with Crippen LogP contribution in [-0.2, 0) is 0 Å². The fraction of sp³-hybridized carbons (Fsp3) is 0.538. The van der Waals surface area contributed by atoms with Crippen molar-refractivity contribution in [3.63, 3.8) is 0 Å². The second-order valence-corrected chi connectivity index (χ2v) is 5.26. The van der Waals surface area contributed by atoms with E-state index in [9.17, 15) is 14.9 Å². The highest BCUT2D eigenvalue weighted by atomic mass is 16.6. The van der Waals surface area contributed by atoms with Crippen molar-refractivity contribution in [1.29, 1.82) is 0 Å². The summed E-state index contributed by atoms with van der Waals surface area (Å²) in [6.45, 7) is 1.58. The Hall–Kier alpha value is -2.22. The Balaban J connectivity index is 2.28. The minimum atomic E-state index is -1.20. The van der Waals surface area contributed by atoms with Crippen LogP contribution in [-0.4, -0.2) is 59.1 Å². The standard InChI is InChI=1S/C13H18N4O4/c1-15-7-3-4-9(15)8-16(2)12-11(17(20)21)6-5-10(14-12)13(18)19/h5-6,9H,3-4,7-8H2,1-2H3,(H,18,19). The molecule has 1 fully saturated rings. The summed E-state index contributed by atoms with van der Waals surface area (Å²) in [5.41, 5.74) is -0.370. The Labute approximate surface area is 122 Å². The Morgan fingerprint density at radius 1 is 1.62 bits per heavy atom. The van der Waals surface area contributed by atoms with Crippen LogP contribution < -0.4 is 4.90 Å². The van der Waals surface area contributed by atoms with Crippen LogP contribution in [0.5, 0.6) is 0 Å². The second kappa shape index (κ2) is 6.04. The van der Waals surface area contributed by atoms with E-state index in [2.05, 4.69) is 9.88 Å². The van der Waals surface area contributed by atoms with Gasteiger partial charge < -0.3 is 14.9 Å². The van der Waals surface area contributed by atoms with Gasteiger partial charge in [0.1, 0.15) is 0 Å². The fourth-order valence-corrected chi connectivity index (χ4v) is 2.60. The zero-order chi connectivity index (χ0) is 15.6. The van der Waals surface area contributed by atoms with Crippen LogP contribution in [0.25, 0.3) is 0 Å². The molecule has 8 nitrogen and oxygen atoms in total. The van der Waals surface area contributed by atoms with Crippen molar-refractivity contribution in [2.45, 2.75) is 18.9 Å². The van der Waals surface area contributed by atoms with Crippen LogP contribution in [0.1, 0.15) is 23.3 Å². The van der Waals surface area contributed by atoms with Crippen molar-refractivity contribution in [1.82, 2.24) is 9.88 Å². The smallest absolute Gasteiger partial charge is 0.354 e. The number of pyridine rings is 1. The maximum absolute atomic E-state index is 11.1. The topological polar surface area (TPSA) is 99.8 Å². The van der Waals surface area contributed by atoms with Gasteiger partial charge in [-0.1, -0.05) is 0 Å². The molecule has 1 unspecified atom stereocenters. The second-order valence-electron chi connectivity index (χ2n) is 5.26. The molecule has 1 atom stereocenters. The van der Waals surface area contributed by atoms with Gasteiger partial charge in [0, 0.05) is 25.7 Å². The summed E-state index contributed by atoms with van der Waals surface area (Å²) in [7, 11) is 3.72. The SMILES string of the molecule is CN(CC1CCCN1C)c1nc(C(=O)O)ccc1[N+](=O)[O-]. The van der Waals surface area contributed by atoms with Gasteiger partial charge in [0.25, 0.3) is 0 Å². The van der Waals surface area contributed by atoms with E-state index in [0.29, 0.717) is 12.6 Å². The van der Waals surface area contributed by atoms with Gasteiger partial charge in [-0.05, 0) is 32.5 Å². The number of carboxylic acids is 1. The third-order valence-corrected chi connectivity index (χ3v) is 3.79. The van der Waals surface area contributed by atoms with E-state index >= 15 is 0 Å². The molecule has 21 heavy (non-hydrogen) atoms. The molecule has 0 bridgehead atoms. The monoisotopic (exact) mass is 294 g/mol. The molecule has 0 spiro atoms. The van der Waals surface area contributed by atoms with Crippen LogP contribution in [0.3, 0.4) is 0 Å². The van der Waals surface area contributed by atoms with E-state index in [1.165, 1.54) is 6.07 Å². The summed E-state index contributed by atoms with van der Waals surface area (Å²) < 4.78 is 0. The highest BCUT2D eigenvalue weighted by molar-refractivity contribution is 5.86. The molecule has 1 N–H and O–H groups in total. The molecule has 2 heterocycles. The quantitative estimate of drug-likeness (QED) is 0.643. The van der Waals surface area contributed by atoms with Crippen LogP contribution >= 0.6 is 0 Å². The van der Waals surface area contributed by atoms with Crippen molar-refractivity contribution in [2.75, 3.05) is 32.1 Å². The number of carboxylic acid groups (broad SMARTS) is 1. The van der Waals surface area contributed by atoms with Gasteiger partial charge in [0.15, 0.2) is 5.69 Å². The molecule has 0 radical (unpaired) electrons. The highest BCUT2D eigenvalue weighted by Gasteiger charge is 2.26. The predicted octanol–water partition coefficient (Wildman–Crippen LogP) is 1.22. The molecule has 0 saturated carbocycles. The number of hydrogen-bond donors (Lipinski definition) is 1. The maximum Gasteiger partial charge on any atom is 0.354 e. The maximum atomic E-state index is 11.1. The average molecular weight is 294 g/mol. The zero-order valence-corrected chi connectivity index (χ0v) is 12.0. The number of likely N-dealkylation sites (tertiary alicyclic amines) is 1. The number of rotatable bonds is 5. The van der Waals surface area contributed by atoms with E-state index in [1.54, 1.807) is 11.9 Å². The number of aromatic nitrogens is 1. The lowest BCUT2D eigenvalue weighted by Crippen LogP contribution is -2.37. The lowest BCUT2D eigenvalue weighted by molar-refractivity contribution is -0.384. The van der Waals surface area contributed by atoms with Crippen LogP contribution in [0.4, 0.5) is 11.5 Å². The molecule has 1 aliphatic heterocycles. The molecule has 114 valence electrons. The Morgan fingerprint density at radius 2 is 2.33 bits per heavy atom. The molecule has 2 rings (SSSR count). The third-order valence-electron chi connectivity index (χ3n) is 3.79. The summed E-state index contributed by atoms with van der Waals surface area (Å²) in [5.74, 6) is -1.10. The van der Waals surface area contributed by atoms with Crippen LogP contribution in [0, 0.1) is 10.1 Å². The summed E-state index contributed by atoms with van der Waals surface area (Å²) in [6.07, 6.45) is 2.12. The van der Waals surface area contributed by atoms with Gasteiger partial charge >= 0.3 is 11.7 Å². The predicted molar refractivity (Wildman–Crippen MR) is 76.8 cm³/mol. The number of carbonyl (C=O) groups is 1. The van der Waals surface area contributed by atoms with Gasteiger partial charge in [0.05, 0.1) is 4.92 Å². The molecule has 8 heteroatoms. The Morgan fingerprint density at radius 3 is 2.86 bits per heavy atom. The normalized spacial score (nSPS) is 18.7. The zero-order valence-electron chi connectivity index (χ0n) is 12.0. The number of aromatic carboxylic acids is 1. The van der Waals surface area contributed by atoms with E-state index in [-0.39, 0.29) is 17.2 Å². The third kappa shape index (κ3) is 3.27. The Bertz CT molecular complexity index is 563. The first-order valence-corrected chi connectivity index (χ1v) is 6.70. The number of likely N-dealkylation sites (N-methyl/N-ethyl adjacent to an activating group) is 2.